The Kier molecular flexibility index (Phi) is 3.39. The molecule has 0 aromatic heterocycles. The molecule has 130 valence electrons. The monoisotopic (exact) mass is 428 g/mol. The van der Waals surface area contributed by atoms with Crippen LogP contribution in [0.3, 0.4) is 0 Å². The van der Waals surface area contributed by atoms with Crippen molar-refractivity contribution in [3.05, 3.63) is 112 Å². The number of hydrogen-bond donors (Lipinski definition) is 0. The lowest BCUT2D eigenvalue weighted by Crippen LogP contribution is -2.37. The molecule has 27 heavy (non-hydrogen) atoms. The van der Waals surface area contributed by atoms with Crippen molar-refractivity contribution < 1.29 is 0 Å². The van der Waals surface area contributed by atoms with Crippen molar-refractivity contribution >= 4 is 33.3 Å². The van der Waals surface area contributed by atoms with Crippen LogP contribution < -0.4 is 0 Å². The first kappa shape index (κ1) is 16.0. The Hall–Kier alpha value is -2.03. The van der Waals surface area contributed by atoms with Crippen LogP contribution in [0.5, 0.6) is 0 Å². The molecule has 0 nitrogen and oxygen atoms in total. The van der Waals surface area contributed by atoms with Gasteiger partial charge in [0.25, 0.3) is 0 Å². The average Bonchev–Trinajstić information content (AvgIpc) is 3.01. The highest BCUT2D eigenvalue weighted by atomic mass is 79.9. The molecule has 1 aliphatic heterocycles. The summed E-state index contributed by atoms with van der Waals surface area (Å²) in [5.41, 5.74) is 7.14. The second kappa shape index (κ2) is 5.73. The first-order valence-corrected chi connectivity index (χ1v) is 10.9. The molecule has 3 aromatic rings. The maximum atomic E-state index is 3.75. The van der Waals surface area contributed by atoms with Gasteiger partial charge in [-0.25, -0.2) is 0 Å². The highest BCUT2D eigenvalue weighted by Crippen LogP contribution is 2.64. The number of fused-ring (bicyclic) bond motifs is 9. The molecule has 0 fully saturated rings. The largest absolute Gasteiger partial charge is 0.0894 e. The van der Waals surface area contributed by atoms with E-state index in [0.717, 1.165) is 10.9 Å². The van der Waals surface area contributed by atoms with Crippen molar-refractivity contribution in [1.29, 1.82) is 0 Å². The van der Waals surface area contributed by atoms with Crippen LogP contribution in [0, 0.1) is 5.92 Å². The van der Waals surface area contributed by atoms with Crippen LogP contribution in [0.15, 0.2) is 99.2 Å². The summed E-state index contributed by atoms with van der Waals surface area (Å²) in [6.45, 7) is 0. The quantitative estimate of drug-likeness (QED) is 0.364. The number of allylic oxidation sites excluding steroid dienone is 4. The van der Waals surface area contributed by atoms with E-state index in [1.807, 2.05) is 11.8 Å². The van der Waals surface area contributed by atoms with Crippen molar-refractivity contribution in [2.75, 3.05) is 0 Å². The Morgan fingerprint density at radius 1 is 0.852 bits per heavy atom. The average molecular weight is 429 g/mol. The van der Waals surface area contributed by atoms with E-state index in [9.17, 15) is 0 Å². The summed E-state index contributed by atoms with van der Waals surface area (Å²) in [6.07, 6.45) is 7.98. The van der Waals surface area contributed by atoms with E-state index in [1.165, 1.54) is 37.6 Å². The zero-order valence-corrected chi connectivity index (χ0v) is 17.1. The third-order valence-electron chi connectivity index (χ3n) is 6.24. The van der Waals surface area contributed by atoms with Gasteiger partial charge in [0.2, 0.25) is 0 Å². The van der Waals surface area contributed by atoms with Gasteiger partial charge < -0.3 is 0 Å². The minimum atomic E-state index is -0.117. The van der Waals surface area contributed by atoms with E-state index in [2.05, 4.69) is 101 Å². The fourth-order valence-electron chi connectivity index (χ4n) is 5.29. The van der Waals surface area contributed by atoms with Crippen molar-refractivity contribution in [2.24, 2.45) is 5.92 Å². The topological polar surface area (TPSA) is 0 Å². The molecule has 2 heteroatoms. The lowest BCUT2D eigenvalue weighted by atomic mass is 9.63. The van der Waals surface area contributed by atoms with Crippen molar-refractivity contribution in [3.63, 3.8) is 0 Å². The third kappa shape index (κ3) is 2.00. The summed E-state index contributed by atoms with van der Waals surface area (Å²) in [5, 5.41) is 0. The van der Waals surface area contributed by atoms with Gasteiger partial charge in [-0.2, -0.15) is 0 Å². The predicted octanol–water partition coefficient (Wildman–Crippen LogP) is 7.22. The first-order valence-electron chi connectivity index (χ1n) is 9.34. The number of halogens is 1. The van der Waals surface area contributed by atoms with Gasteiger partial charge in [0.05, 0.1) is 5.41 Å². The van der Waals surface area contributed by atoms with Crippen LogP contribution in [0.1, 0.15) is 28.7 Å². The Morgan fingerprint density at radius 3 is 2.56 bits per heavy atom. The van der Waals surface area contributed by atoms with Crippen LogP contribution in [0.2, 0.25) is 0 Å². The predicted molar refractivity (Wildman–Crippen MR) is 116 cm³/mol. The second-order valence-electron chi connectivity index (χ2n) is 7.43. The maximum Gasteiger partial charge on any atom is 0.0551 e. The molecule has 3 aromatic carbocycles. The van der Waals surface area contributed by atoms with Gasteiger partial charge in [-0.3, -0.25) is 0 Å². The molecule has 0 N–H and O–H groups in total. The van der Waals surface area contributed by atoms with E-state index in [-0.39, 0.29) is 5.41 Å². The van der Waals surface area contributed by atoms with Gasteiger partial charge in [0.15, 0.2) is 0 Å². The molecule has 6 rings (SSSR count). The Balaban J connectivity index is 1.80. The normalized spacial score (nSPS) is 24.0. The van der Waals surface area contributed by atoms with E-state index in [0.29, 0.717) is 5.92 Å². The Bertz CT molecular complexity index is 1160. The summed E-state index contributed by atoms with van der Waals surface area (Å²) in [5.74, 6) is 0.440. The standard InChI is InChI=1S/C25H17BrS/c26-16-13-14-24-22(15-16)25(21-11-5-6-12-23(21)27-24)19-9-3-1-7-17(19)18-8-2-4-10-20(18)25/h1-9,11-15,20H,10H2. The number of benzene rings is 3. The number of rotatable bonds is 0. The minimum absolute atomic E-state index is 0.117. The Labute approximate surface area is 172 Å². The van der Waals surface area contributed by atoms with Gasteiger partial charge in [-0.05, 0) is 58.5 Å². The van der Waals surface area contributed by atoms with Crippen LogP contribution in [0.25, 0.3) is 5.57 Å². The third-order valence-corrected chi connectivity index (χ3v) is 7.89. The summed E-state index contributed by atoms with van der Waals surface area (Å²) in [4.78, 5) is 2.76. The molecule has 2 unspecified atom stereocenters. The van der Waals surface area contributed by atoms with Gasteiger partial charge in [-0.1, -0.05) is 88.4 Å². The molecule has 0 bridgehead atoms. The fourth-order valence-corrected chi connectivity index (χ4v) is 6.84. The van der Waals surface area contributed by atoms with E-state index >= 15 is 0 Å². The zero-order valence-electron chi connectivity index (χ0n) is 14.7. The summed E-state index contributed by atoms with van der Waals surface area (Å²) < 4.78 is 1.15. The molecular formula is C25H17BrS. The van der Waals surface area contributed by atoms with Crippen LogP contribution >= 0.6 is 27.7 Å². The number of hydrogen-bond acceptors (Lipinski definition) is 1. The highest BCUT2D eigenvalue weighted by Gasteiger charge is 2.54. The molecule has 0 amide bonds. The molecule has 0 saturated heterocycles. The van der Waals surface area contributed by atoms with Gasteiger partial charge in [0.1, 0.15) is 0 Å². The van der Waals surface area contributed by atoms with Crippen LogP contribution in [-0.4, -0.2) is 0 Å². The molecule has 1 heterocycles. The molecule has 3 aliphatic rings. The lowest BCUT2D eigenvalue weighted by Gasteiger charge is -2.43. The maximum absolute atomic E-state index is 3.75. The second-order valence-corrected chi connectivity index (χ2v) is 9.43. The molecule has 2 aliphatic carbocycles. The van der Waals surface area contributed by atoms with E-state index < -0.39 is 0 Å². The molecule has 0 radical (unpaired) electrons. The zero-order chi connectivity index (χ0) is 18.0. The van der Waals surface area contributed by atoms with Crippen molar-refractivity contribution in [2.45, 2.75) is 21.6 Å². The van der Waals surface area contributed by atoms with Crippen molar-refractivity contribution in [3.8, 4) is 0 Å². The van der Waals surface area contributed by atoms with Gasteiger partial charge >= 0.3 is 0 Å². The van der Waals surface area contributed by atoms with Gasteiger partial charge in [-0.15, -0.1) is 0 Å². The fraction of sp³-hybridized carbons (Fsp3) is 0.120. The molecule has 2 atom stereocenters. The van der Waals surface area contributed by atoms with Crippen LogP contribution in [-0.2, 0) is 5.41 Å². The van der Waals surface area contributed by atoms with E-state index in [1.54, 1.807) is 0 Å². The minimum Gasteiger partial charge on any atom is -0.0894 e. The highest BCUT2D eigenvalue weighted by molar-refractivity contribution is 9.10. The van der Waals surface area contributed by atoms with Gasteiger partial charge in [0, 0.05) is 20.2 Å². The molecular weight excluding hydrogens is 412 g/mol. The Morgan fingerprint density at radius 2 is 1.63 bits per heavy atom. The summed E-state index contributed by atoms with van der Waals surface area (Å²) in [7, 11) is 0. The summed E-state index contributed by atoms with van der Waals surface area (Å²) >= 11 is 5.66. The molecule has 1 spiro atoms. The SMILES string of the molecule is Brc1ccc2c(c1)C1(c3ccccc3S2)c2ccccc2C2=CC=CCC21. The lowest BCUT2D eigenvalue weighted by molar-refractivity contribution is 0.466. The van der Waals surface area contributed by atoms with Crippen LogP contribution in [0.4, 0.5) is 0 Å². The first-order chi connectivity index (χ1) is 13.3. The molecule has 0 saturated carbocycles. The van der Waals surface area contributed by atoms with E-state index in [4.69, 9.17) is 0 Å². The smallest absolute Gasteiger partial charge is 0.0551 e. The summed E-state index contributed by atoms with van der Waals surface area (Å²) in [6, 6.07) is 24.9. The van der Waals surface area contributed by atoms with Crippen molar-refractivity contribution in [1.82, 2.24) is 0 Å².